The van der Waals surface area contributed by atoms with Gasteiger partial charge in [0, 0.05) is 0 Å². The van der Waals surface area contributed by atoms with Crippen LogP contribution in [0.15, 0.2) is 36.4 Å². The maximum atomic E-state index is 13.5. The van der Waals surface area contributed by atoms with Crippen molar-refractivity contribution >= 4 is 38.4 Å². The van der Waals surface area contributed by atoms with Crippen LogP contribution in [0.3, 0.4) is 0 Å². The lowest BCUT2D eigenvalue weighted by Gasteiger charge is -2.05. The molecule has 0 spiro atoms. The number of aromatic nitrogens is 1. The summed E-state index contributed by atoms with van der Waals surface area (Å²) in [5, 5.41) is 5.61. The number of para-hydroxylation sites is 1. The van der Waals surface area contributed by atoms with Crippen LogP contribution in [0.25, 0.3) is 10.2 Å². The number of carbonyl (C=O) groups excluding carboxylic acids is 1. The minimum atomic E-state index is -0.514. The maximum absolute atomic E-state index is 13.5. The fourth-order valence-corrected chi connectivity index (χ4v) is 3.13. The van der Waals surface area contributed by atoms with Crippen molar-refractivity contribution in [3.8, 4) is 0 Å². The zero-order chi connectivity index (χ0) is 15.7. The number of nitrogens with one attached hydrogen (secondary N) is 2. The van der Waals surface area contributed by atoms with Crippen molar-refractivity contribution in [1.82, 2.24) is 4.98 Å². The zero-order valence-corrected chi connectivity index (χ0v) is 12.9. The number of benzene rings is 2. The van der Waals surface area contributed by atoms with Crippen LogP contribution in [-0.2, 0) is 0 Å². The first-order valence-electron chi connectivity index (χ1n) is 6.74. The lowest BCUT2D eigenvalue weighted by atomic mass is 10.1. The van der Waals surface area contributed by atoms with Crippen molar-refractivity contribution in [3.63, 3.8) is 0 Å². The van der Waals surface area contributed by atoms with Crippen LogP contribution in [-0.4, -0.2) is 11.0 Å². The second-order valence-corrected chi connectivity index (χ2v) is 5.95. The van der Waals surface area contributed by atoms with E-state index in [9.17, 15) is 9.18 Å². The number of amides is 2. The number of aryl methyl sites for hydroxylation is 2. The predicted octanol–water partition coefficient (Wildman–Crippen LogP) is 4.70. The lowest BCUT2D eigenvalue weighted by Crippen LogP contribution is -2.19. The maximum Gasteiger partial charge on any atom is 0.325 e. The highest BCUT2D eigenvalue weighted by Gasteiger charge is 2.12. The summed E-state index contributed by atoms with van der Waals surface area (Å²) in [6, 6.07) is 9.53. The summed E-state index contributed by atoms with van der Waals surface area (Å²) in [5.74, 6) is -0.478. The van der Waals surface area contributed by atoms with E-state index < -0.39 is 11.8 Å². The zero-order valence-electron chi connectivity index (χ0n) is 12.1. The number of urea groups is 1. The Bertz CT molecular complexity index is 821. The van der Waals surface area contributed by atoms with Crippen LogP contribution >= 0.6 is 11.3 Å². The van der Waals surface area contributed by atoms with Crippen LogP contribution in [0, 0.1) is 19.7 Å². The van der Waals surface area contributed by atoms with Crippen LogP contribution in [0.1, 0.15) is 11.1 Å². The molecule has 3 rings (SSSR count). The van der Waals surface area contributed by atoms with Gasteiger partial charge in [0.25, 0.3) is 0 Å². The second-order valence-electron chi connectivity index (χ2n) is 4.96. The number of nitrogens with zero attached hydrogens (tertiary/aromatic N) is 1. The Morgan fingerprint density at radius 2 is 1.82 bits per heavy atom. The van der Waals surface area contributed by atoms with Crippen molar-refractivity contribution in [2.24, 2.45) is 0 Å². The van der Waals surface area contributed by atoms with Gasteiger partial charge in [0.1, 0.15) is 5.82 Å². The quantitative estimate of drug-likeness (QED) is 0.720. The lowest BCUT2D eigenvalue weighted by molar-refractivity contribution is 0.262. The molecule has 2 amide bonds. The first-order valence-corrected chi connectivity index (χ1v) is 7.55. The molecule has 0 radical (unpaired) electrons. The normalized spacial score (nSPS) is 10.7. The standard InChI is InChI=1S/C16H14FN3OS/c1-9-7-8-10(2)14-13(9)19-16(22-14)20-15(21)18-12-6-4-3-5-11(12)17/h3-8H,1-2H3,(H2,18,19,20,21). The molecule has 112 valence electrons. The smallest absolute Gasteiger partial charge is 0.305 e. The van der Waals surface area contributed by atoms with Gasteiger partial charge in [-0.25, -0.2) is 14.2 Å². The van der Waals surface area contributed by atoms with Gasteiger partial charge in [-0.05, 0) is 37.1 Å². The third-order valence-electron chi connectivity index (χ3n) is 3.28. The number of halogens is 1. The monoisotopic (exact) mass is 315 g/mol. The number of rotatable bonds is 2. The SMILES string of the molecule is Cc1ccc(C)c2sc(NC(=O)Nc3ccccc3F)nc12. The van der Waals surface area contributed by atoms with Crippen LogP contribution in [0.5, 0.6) is 0 Å². The molecule has 1 aromatic heterocycles. The van der Waals surface area contributed by atoms with Crippen molar-refractivity contribution in [3.05, 3.63) is 53.3 Å². The number of anilines is 2. The van der Waals surface area contributed by atoms with Gasteiger partial charge in [-0.2, -0.15) is 0 Å². The average Bonchev–Trinajstić information content (AvgIpc) is 2.90. The minimum absolute atomic E-state index is 0.133. The van der Waals surface area contributed by atoms with E-state index in [0.29, 0.717) is 5.13 Å². The number of hydrogen-bond acceptors (Lipinski definition) is 3. The fraction of sp³-hybridized carbons (Fsp3) is 0.125. The van der Waals surface area contributed by atoms with Crippen molar-refractivity contribution in [2.75, 3.05) is 10.6 Å². The molecule has 0 bridgehead atoms. The molecule has 2 aromatic carbocycles. The summed E-state index contributed by atoms with van der Waals surface area (Å²) in [7, 11) is 0. The van der Waals surface area contributed by atoms with E-state index in [1.807, 2.05) is 26.0 Å². The molecular weight excluding hydrogens is 301 g/mol. The Kier molecular flexibility index (Phi) is 3.77. The van der Waals surface area contributed by atoms with Gasteiger partial charge in [0.15, 0.2) is 5.13 Å². The Balaban J connectivity index is 1.81. The summed E-state index contributed by atoms with van der Waals surface area (Å²) in [4.78, 5) is 16.4. The van der Waals surface area contributed by atoms with Crippen molar-refractivity contribution in [1.29, 1.82) is 0 Å². The van der Waals surface area contributed by atoms with E-state index in [4.69, 9.17) is 0 Å². The van der Waals surface area contributed by atoms with E-state index in [-0.39, 0.29) is 5.69 Å². The molecule has 1 heterocycles. The summed E-state index contributed by atoms with van der Waals surface area (Å²) in [5.41, 5.74) is 3.18. The molecule has 4 nitrogen and oxygen atoms in total. The molecule has 2 N–H and O–H groups in total. The van der Waals surface area contributed by atoms with Gasteiger partial charge in [0.2, 0.25) is 0 Å². The molecule has 0 aliphatic heterocycles. The van der Waals surface area contributed by atoms with E-state index in [0.717, 1.165) is 21.3 Å². The third-order valence-corrected chi connectivity index (χ3v) is 4.39. The molecule has 22 heavy (non-hydrogen) atoms. The first kappa shape index (κ1) is 14.5. The van der Waals surface area contributed by atoms with Gasteiger partial charge < -0.3 is 5.32 Å². The predicted molar refractivity (Wildman–Crippen MR) is 88.1 cm³/mol. The van der Waals surface area contributed by atoms with Crippen LogP contribution in [0.4, 0.5) is 20.0 Å². The Morgan fingerprint density at radius 3 is 2.55 bits per heavy atom. The summed E-state index contributed by atoms with van der Waals surface area (Å²) < 4.78 is 14.5. The number of hydrogen-bond donors (Lipinski definition) is 2. The topological polar surface area (TPSA) is 54.0 Å². The highest BCUT2D eigenvalue weighted by molar-refractivity contribution is 7.22. The van der Waals surface area contributed by atoms with Gasteiger partial charge in [-0.15, -0.1) is 0 Å². The Hall–Kier alpha value is -2.47. The second kappa shape index (κ2) is 5.73. The van der Waals surface area contributed by atoms with Crippen molar-refractivity contribution < 1.29 is 9.18 Å². The Morgan fingerprint density at radius 1 is 1.09 bits per heavy atom. The molecule has 0 aliphatic carbocycles. The van der Waals surface area contributed by atoms with Gasteiger partial charge in [-0.3, -0.25) is 5.32 Å². The molecule has 0 unspecified atom stereocenters. The summed E-state index contributed by atoms with van der Waals surface area (Å²) in [6.45, 7) is 3.98. The number of carbonyl (C=O) groups is 1. The molecule has 3 aromatic rings. The number of thiazole rings is 1. The average molecular weight is 315 g/mol. The highest BCUT2D eigenvalue weighted by atomic mass is 32.1. The van der Waals surface area contributed by atoms with Gasteiger partial charge in [-0.1, -0.05) is 35.6 Å². The van der Waals surface area contributed by atoms with Crippen LogP contribution < -0.4 is 10.6 Å². The van der Waals surface area contributed by atoms with E-state index in [1.54, 1.807) is 12.1 Å². The fourth-order valence-electron chi connectivity index (χ4n) is 2.13. The first-order chi connectivity index (χ1) is 10.5. The molecule has 0 aliphatic rings. The number of fused-ring (bicyclic) bond motifs is 1. The molecule has 0 fully saturated rings. The largest absolute Gasteiger partial charge is 0.325 e. The Labute approximate surface area is 131 Å². The summed E-state index contributed by atoms with van der Waals surface area (Å²) in [6.07, 6.45) is 0. The molecule has 0 saturated carbocycles. The molecule has 0 atom stereocenters. The van der Waals surface area contributed by atoms with Gasteiger partial charge in [0.05, 0.1) is 15.9 Å². The van der Waals surface area contributed by atoms with E-state index in [1.165, 1.54) is 23.5 Å². The minimum Gasteiger partial charge on any atom is -0.305 e. The van der Waals surface area contributed by atoms with E-state index in [2.05, 4.69) is 15.6 Å². The summed E-state index contributed by atoms with van der Waals surface area (Å²) >= 11 is 1.40. The molecule has 6 heteroatoms. The molecular formula is C16H14FN3OS. The van der Waals surface area contributed by atoms with Crippen molar-refractivity contribution in [2.45, 2.75) is 13.8 Å². The van der Waals surface area contributed by atoms with Crippen LogP contribution in [0.2, 0.25) is 0 Å². The van der Waals surface area contributed by atoms with E-state index >= 15 is 0 Å². The molecule has 0 saturated heterocycles. The highest BCUT2D eigenvalue weighted by Crippen LogP contribution is 2.30. The van der Waals surface area contributed by atoms with Gasteiger partial charge >= 0.3 is 6.03 Å². The third kappa shape index (κ3) is 2.78.